The Morgan fingerprint density at radius 2 is 2.00 bits per heavy atom. The van der Waals surface area contributed by atoms with Crippen molar-refractivity contribution in [3.05, 3.63) is 0 Å². The van der Waals surface area contributed by atoms with E-state index in [1.807, 2.05) is 0 Å². The summed E-state index contributed by atoms with van der Waals surface area (Å²) in [6.07, 6.45) is 1.36. The number of esters is 1. The van der Waals surface area contributed by atoms with Crippen LogP contribution in [0.15, 0.2) is 0 Å². The van der Waals surface area contributed by atoms with Crippen LogP contribution in [0.5, 0.6) is 0 Å². The second-order valence-corrected chi connectivity index (χ2v) is 4.14. The number of carbonyl (C=O) groups excluding carboxylic acids is 2. The number of nitrogens with zero attached hydrogens (tertiary/aromatic N) is 1. The van der Waals surface area contributed by atoms with Crippen molar-refractivity contribution in [2.24, 2.45) is 11.7 Å². The molecule has 0 aromatic rings. The van der Waals surface area contributed by atoms with E-state index in [0.717, 1.165) is 0 Å². The van der Waals surface area contributed by atoms with E-state index in [1.165, 1.54) is 0 Å². The number of likely N-dealkylation sites (tertiary alicyclic amines) is 1. The lowest BCUT2D eigenvalue weighted by atomic mass is 9.96. The van der Waals surface area contributed by atoms with Crippen LogP contribution in [0.2, 0.25) is 0 Å². The number of amides is 1. The second kappa shape index (κ2) is 5.84. The lowest BCUT2D eigenvalue weighted by Crippen LogP contribution is -2.46. The Kier molecular flexibility index (Phi) is 4.73. The Hall–Kier alpha value is -1.10. The average molecular weight is 228 g/mol. The van der Waals surface area contributed by atoms with Crippen LogP contribution in [0.25, 0.3) is 0 Å². The third-order valence-electron chi connectivity index (χ3n) is 2.82. The molecule has 1 fully saturated rings. The van der Waals surface area contributed by atoms with E-state index < -0.39 is 6.04 Å². The van der Waals surface area contributed by atoms with E-state index in [0.29, 0.717) is 32.5 Å². The van der Waals surface area contributed by atoms with Gasteiger partial charge in [-0.2, -0.15) is 0 Å². The van der Waals surface area contributed by atoms with Gasteiger partial charge in [0, 0.05) is 13.1 Å². The van der Waals surface area contributed by atoms with Gasteiger partial charge in [-0.25, -0.2) is 0 Å². The first-order valence-electron chi connectivity index (χ1n) is 5.77. The number of hydrogen-bond donors (Lipinski definition) is 1. The molecular formula is C11H20N2O3. The molecule has 0 radical (unpaired) electrons. The molecule has 2 N–H and O–H groups in total. The number of hydrogen-bond acceptors (Lipinski definition) is 4. The predicted octanol–water partition coefficient (Wildman–Crippen LogP) is 0.135. The van der Waals surface area contributed by atoms with Crippen LogP contribution < -0.4 is 5.73 Å². The first-order chi connectivity index (χ1) is 7.56. The van der Waals surface area contributed by atoms with Gasteiger partial charge in [-0.3, -0.25) is 9.59 Å². The number of ether oxygens (including phenoxy) is 1. The SMILES string of the molecule is CCOC(=O)C1CCN(C(=O)[C@@H](C)N)CC1. The van der Waals surface area contributed by atoms with E-state index in [-0.39, 0.29) is 17.8 Å². The summed E-state index contributed by atoms with van der Waals surface area (Å²) in [7, 11) is 0. The topological polar surface area (TPSA) is 72.6 Å². The van der Waals surface area contributed by atoms with E-state index in [9.17, 15) is 9.59 Å². The van der Waals surface area contributed by atoms with Crippen molar-refractivity contribution in [3.63, 3.8) is 0 Å². The van der Waals surface area contributed by atoms with Gasteiger partial charge in [-0.15, -0.1) is 0 Å². The molecule has 0 unspecified atom stereocenters. The zero-order valence-corrected chi connectivity index (χ0v) is 9.94. The van der Waals surface area contributed by atoms with Gasteiger partial charge in [0.2, 0.25) is 5.91 Å². The van der Waals surface area contributed by atoms with E-state index in [1.54, 1.807) is 18.7 Å². The highest BCUT2D eigenvalue weighted by Crippen LogP contribution is 2.18. The van der Waals surface area contributed by atoms with Crippen molar-refractivity contribution in [2.75, 3.05) is 19.7 Å². The molecule has 0 spiro atoms. The van der Waals surface area contributed by atoms with Crippen molar-refractivity contribution >= 4 is 11.9 Å². The van der Waals surface area contributed by atoms with Crippen LogP contribution in [0.4, 0.5) is 0 Å². The highest BCUT2D eigenvalue weighted by molar-refractivity contribution is 5.81. The van der Waals surface area contributed by atoms with Crippen LogP contribution in [0.3, 0.4) is 0 Å². The lowest BCUT2D eigenvalue weighted by Gasteiger charge is -2.31. The minimum atomic E-state index is -0.459. The van der Waals surface area contributed by atoms with Gasteiger partial charge in [0.1, 0.15) is 0 Å². The molecule has 0 aromatic carbocycles. The summed E-state index contributed by atoms with van der Waals surface area (Å²) in [5, 5.41) is 0. The summed E-state index contributed by atoms with van der Waals surface area (Å²) < 4.78 is 4.96. The van der Waals surface area contributed by atoms with Crippen LogP contribution in [0, 0.1) is 5.92 Å². The summed E-state index contributed by atoms with van der Waals surface area (Å²) in [4.78, 5) is 24.8. The Bertz CT molecular complexity index is 258. The molecule has 1 rings (SSSR count). The molecule has 0 aliphatic carbocycles. The van der Waals surface area contributed by atoms with Crippen molar-refractivity contribution in [1.82, 2.24) is 4.90 Å². The molecule has 16 heavy (non-hydrogen) atoms. The smallest absolute Gasteiger partial charge is 0.309 e. The number of nitrogens with two attached hydrogens (primary N) is 1. The Labute approximate surface area is 95.9 Å². The minimum absolute atomic E-state index is 0.0395. The van der Waals surface area contributed by atoms with Gasteiger partial charge < -0.3 is 15.4 Å². The quantitative estimate of drug-likeness (QED) is 0.697. The average Bonchev–Trinajstić information content (AvgIpc) is 2.28. The first-order valence-corrected chi connectivity index (χ1v) is 5.77. The fourth-order valence-corrected chi connectivity index (χ4v) is 1.88. The maximum Gasteiger partial charge on any atom is 0.309 e. The maximum atomic E-state index is 11.6. The largest absolute Gasteiger partial charge is 0.466 e. The second-order valence-electron chi connectivity index (χ2n) is 4.14. The standard InChI is InChI=1S/C11H20N2O3/c1-3-16-11(15)9-4-6-13(7-5-9)10(14)8(2)12/h8-9H,3-7,12H2,1-2H3/t8-/m1/s1. The van der Waals surface area contributed by atoms with Crippen LogP contribution in [0.1, 0.15) is 26.7 Å². The summed E-state index contributed by atoms with van der Waals surface area (Å²) in [5.74, 6) is -0.241. The molecule has 5 nitrogen and oxygen atoms in total. The van der Waals surface area contributed by atoms with Crippen LogP contribution in [-0.4, -0.2) is 42.5 Å². The number of carbonyl (C=O) groups is 2. The molecule has 1 aliphatic rings. The molecule has 0 bridgehead atoms. The molecule has 1 saturated heterocycles. The van der Waals surface area contributed by atoms with Gasteiger partial charge in [0.05, 0.1) is 18.6 Å². The zero-order valence-electron chi connectivity index (χ0n) is 9.94. The fraction of sp³-hybridized carbons (Fsp3) is 0.818. The maximum absolute atomic E-state index is 11.6. The summed E-state index contributed by atoms with van der Waals surface area (Å²) >= 11 is 0. The first kappa shape index (κ1) is 13.0. The van der Waals surface area contributed by atoms with Crippen LogP contribution in [-0.2, 0) is 14.3 Å². The lowest BCUT2D eigenvalue weighted by molar-refractivity contribution is -0.151. The van der Waals surface area contributed by atoms with E-state index in [4.69, 9.17) is 10.5 Å². The highest BCUT2D eigenvalue weighted by Gasteiger charge is 2.28. The molecular weight excluding hydrogens is 208 g/mol. The van der Waals surface area contributed by atoms with Crippen molar-refractivity contribution in [2.45, 2.75) is 32.7 Å². The Balaban J connectivity index is 2.39. The molecule has 1 aliphatic heterocycles. The normalized spacial score (nSPS) is 19.3. The summed E-state index contributed by atoms with van der Waals surface area (Å²) in [6, 6.07) is -0.459. The van der Waals surface area contributed by atoms with Crippen molar-refractivity contribution in [1.29, 1.82) is 0 Å². The Morgan fingerprint density at radius 1 is 1.44 bits per heavy atom. The van der Waals surface area contributed by atoms with E-state index >= 15 is 0 Å². The molecule has 1 atom stereocenters. The predicted molar refractivity (Wildman–Crippen MR) is 59.6 cm³/mol. The molecule has 1 heterocycles. The van der Waals surface area contributed by atoms with Gasteiger partial charge in [0.25, 0.3) is 0 Å². The zero-order chi connectivity index (χ0) is 12.1. The Morgan fingerprint density at radius 3 is 2.44 bits per heavy atom. The van der Waals surface area contributed by atoms with Crippen molar-refractivity contribution in [3.8, 4) is 0 Å². The number of piperidine rings is 1. The molecule has 0 aromatic heterocycles. The van der Waals surface area contributed by atoms with Gasteiger partial charge in [-0.05, 0) is 26.7 Å². The highest BCUT2D eigenvalue weighted by atomic mass is 16.5. The van der Waals surface area contributed by atoms with E-state index in [2.05, 4.69) is 0 Å². The summed E-state index contributed by atoms with van der Waals surface area (Å²) in [6.45, 7) is 5.10. The van der Waals surface area contributed by atoms with Crippen molar-refractivity contribution < 1.29 is 14.3 Å². The summed E-state index contributed by atoms with van der Waals surface area (Å²) in [5.41, 5.74) is 5.53. The monoisotopic (exact) mass is 228 g/mol. The minimum Gasteiger partial charge on any atom is -0.466 e. The third-order valence-corrected chi connectivity index (χ3v) is 2.82. The molecule has 5 heteroatoms. The number of rotatable bonds is 3. The molecule has 1 amide bonds. The van der Waals surface area contributed by atoms with Crippen LogP contribution >= 0.6 is 0 Å². The molecule has 0 saturated carbocycles. The van der Waals surface area contributed by atoms with Gasteiger partial charge in [-0.1, -0.05) is 0 Å². The van der Waals surface area contributed by atoms with Gasteiger partial charge >= 0.3 is 5.97 Å². The third kappa shape index (κ3) is 3.20. The molecule has 92 valence electrons. The van der Waals surface area contributed by atoms with Gasteiger partial charge in [0.15, 0.2) is 0 Å². The fourth-order valence-electron chi connectivity index (χ4n) is 1.88.